The summed E-state index contributed by atoms with van der Waals surface area (Å²) < 4.78 is 46.4. The molecule has 40 heavy (non-hydrogen) atoms. The van der Waals surface area contributed by atoms with E-state index in [1.807, 2.05) is 19.4 Å². The molecule has 3 rings (SSSR count). The highest BCUT2D eigenvalue weighted by molar-refractivity contribution is 7.97. The number of carbonyl (C=O) groups excluding carboxylic acids is 2. The zero-order valence-corrected chi connectivity index (χ0v) is 24.9. The number of amides is 1. The summed E-state index contributed by atoms with van der Waals surface area (Å²) in [7, 11) is -1.71. The van der Waals surface area contributed by atoms with Crippen molar-refractivity contribution in [2.45, 2.75) is 32.6 Å². The predicted octanol–water partition coefficient (Wildman–Crippen LogP) is 4.55. The monoisotopic (exact) mass is 607 g/mol. The quantitative estimate of drug-likeness (QED) is 0.224. The number of rotatable bonds is 8. The number of ether oxygens (including phenoxy) is 1. The van der Waals surface area contributed by atoms with Crippen LogP contribution in [0.15, 0.2) is 43.5 Å². The first-order valence-corrected chi connectivity index (χ1v) is 15.0. The van der Waals surface area contributed by atoms with Gasteiger partial charge in [0.25, 0.3) is 11.8 Å². The molecule has 1 aromatic heterocycles. The topological polar surface area (TPSA) is 158 Å². The fourth-order valence-electron chi connectivity index (χ4n) is 3.43. The van der Waals surface area contributed by atoms with Crippen molar-refractivity contribution < 1.29 is 35.6 Å². The number of thioether (sulfide) groups is 1. The Bertz CT molecular complexity index is 1140. The van der Waals surface area contributed by atoms with Gasteiger partial charge in [-0.1, -0.05) is 0 Å². The summed E-state index contributed by atoms with van der Waals surface area (Å²) >= 11 is 1.75. The molecule has 228 valence electrons. The standard InChI is InChI=1S/C22H27F2N5O4S.C2H6S.C2H4.H2O.2H2/c1-3-33-20(30)13-34(32)28-15-4-5-16(17(25)12-15)21(31)27-18-10-14(2)11-19(26-18)29-8-6-22(23,24)7-9-29;1-3-2;1-2;;;/h4-5,10-12,28H,3,6-9,13,25H2,1-2H3,(H,26,27,31);1-2H3;1-2H2;1H2;2*1H. The van der Waals surface area contributed by atoms with Crippen molar-refractivity contribution in [3.05, 3.63) is 54.6 Å². The summed E-state index contributed by atoms with van der Waals surface area (Å²) in [6.07, 6.45) is 3.59. The number of piperidine rings is 1. The molecular formula is C26H43F2N5O5S2. The highest BCUT2D eigenvalue weighted by atomic mass is 32.2. The molecule has 2 aromatic rings. The number of nitrogen functional groups attached to an aromatic ring is 1. The number of nitrogens with zero attached hydrogens (tertiary/aromatic N) is 2. The van der Waals surface area contributed by atoms with E-state index in [4.69, 9.17) is 10.5 Å². The first kappa shape index (κ1) is 36.8. The molecule has 10 nitrogen and oxygen atoms in total. The molecular weight excluding hydrogens is 564 g/mol. The molecule has 14 heteroatoms. The fourth-order valence-corrected chi connectivity index (χ4v) is 4.19. The number of hydrogen-bond acceptors (Lipinski definition) is 8. The van der Waals surface area contributed by atoms with Crippen LogP contribution in [0.1, 0.15) is 38.5 Å². The summed E-state index contributed by atoms with van der Waals surface area (Å²) in [6.45, 7) is 10.0. The molecule has 1 saturated heterocycles. The number of benzene rings is 1. The van der Waals surface area contributed by atoms with Crippen LogP contribution < -0.4 is 20.7 Å². The van der Waals surface area contributed by atoms with E-state index in [0.717, 1.165) is 5.56 Å². The average molecular weight is 608 g/mol. The number of esters is 1. The van der Waals surface area contributed by atoms with Crippen LogP contribution in [0.3, 0.4) is 0 Å². The molecule has 0 spiro atoms. The highest BCUT2D eigenvalue weighted by Gasteiger charge is 2.34. The average Bonchev–Trinajstić information content (AvgIpc) is 2.85. The van der Waals surface area contributed by atoms with Crippen molar-refractivity contribution in [1.82, 2.24) is 4.98 Å². The van der Waals surface area contributed by atoms with Gasteiger partial charge >= 0.3 is 5.97 Å². The van der Waals surface area contributed by atoms with Gasteiger partial charge in [-0.05, 0) is 62.3 Å². The SMILES string of the molecule is C=C.CCOC(=O)CS(=O)Nc1ccc(C(=O)Nc2cc(C)cc(N3CCC(F)(F)CC3)n2)c(N)c1.CSC.O.[HH].[HH]. The van der Waals surface area contributed by atoms with Crippen molar-refractivity contribution in [3.63, 3.8) is 0 Å². The van der Waals surface area contributed by atoms with Crippen molar-refractivity contribution >= 4 is 57.6 Å². The second-order valence-corrected chi connectivity index (χ2v) is 10.3. The van der Waals surface area contributed by atoms with Crippen LogP contribution in [0.2, 0.25) is 0 Å². The lowest BCUT2D eigenvalue weighted by Gasteiger charge is -2.32. The van der Waals surface area contributed by atoms with Gasteiger partial charge in [0.1, 0.15) is 28.4 Å². The lowest BCUT2D eigenvalue weighted by molar-refractivity contribution is -0.139. The lowest BCUT2D eigenvalue weighted by atomic mass is 10.1. The Labute approximate surface area is 244 Å². The maximum Gasteiger partial charge on any atom is 0.320 e. The van der Waals surface area contributed by atoms with Crippen molar-refractivity contribution in [1.29, 1.82) is 0 Å². The minimum absolute atomic E-state index is 0. The van der Waals surface area contributed by atoms with E-state index in [1.165, 1.54) is 18.2 Å². The third kappa shape index (κ3) is 12.3. The van der Waals surface area contributed by atoms with E-state index in [2.05, 4.69) is 28.2 Å². The third-order valence-electron chi connectivity index (χ3n) is 5.10. The summed E-state index contributed by atoms with van der Waals surface area (Å²) in [6, 6.07) is 7.85. The Morgan fingerprint density at radius 2 is 1.82 bits per heavy atom. The summed E-state index contributed by atoms with van der Waals surface area (Å²) in [4.78, 5) is 30.4. The zero-order chi connectivity index (χ0) is 29.6. The maximum atomic E-state index is 13.5. The Kier molecular flexibility index (Phi) is 16.7. The Hall–Kier alpha value is -3.23. The molecule has 1 atom stereocenters. The van der Waals surface area contributed by atoms with E-state index >= 15 is 0 Å². The second-order valence-electron chi connectivity index (χ2n) is 8.29. The van der Waals surface area contributed by atoms with Gasteiger partial charge in [0, 0.05) is 40.2 Å². The molecule has 2 heterocycles. The zero-order valence-electron chi connectivity index (χ0n) is 23.2. The Balaban J connectivity index is -0.00000178. The molecule has 0 aliphatic carbocycles. The van der Waals surface area contributed by atoms with Gasteiger partial charge in [-0.2, -0.15) is 11.8 Å². The number of nitrogens with two attached hydrogens (primary N) is 1. The van der Waals surface area contributed by atoms with Gasteiger partial charge < -0.3 is 30.9 Å². The van der Waals surface area contributed by atoms with E-state index in [9.17, 15) is 22.6 Å². The number of nitrogens with one attached hydrogen (secondary N) is 2. The summed E-state index contributed by atoms with van der Waals surface area (Å²) in [5.74, 6) is -3.31. The van der Waals surface area contributed by atoms with Gasteiger partial charge in [-0.15, -0.1) is 13.2 Å². The van der Waals surface area contributed by atoms with Gasteiger partial charge in [0.05, 0.1) is 12.2 Å². The maximum absolute atomic E-state index is 13.5. The van der Waals surface area contributed by atoms with Crippen molar-refractivity contribution in [2.75, 3.05) is 58.6 Å². The first-order chi connectivity index (χ1) is 18.5. The number of carbonyl (C=O) groups is 2. The van der Waals surface area contributed by atoms with Crippen LogP contribution in [-0.2, 0) is 20.5 Å². The van der Waals surface area contributed by atoms with Gasteiger partial charge in [0.2, 0.25) is 0 Å². The highest BCUT2D eigenvalue weighted by Crippen LogP contribution is 2.30. The predicted molar refractivity (Wildman–Crippen MR) is 166 cm³/mol. The van der Waals surface area contributed by atoms with E-state index in [1.54, 1.807) is 35.7 Å². The minimum Gasteiger partial charge on any atom is -0.465 e. The van der Waals surface area contributed by atoms with Gasteiger partial charge in [-0.3, -0.25) is 9.59 Å². The Morgan fingerprint density at radius 1 is 1.23 bits per heavy atom. The van der Waals surface area contributed by atoms with Crippen molar-refractivity contribution in [3.8, 4) is 0 Å². The van der Waals surface area contributed by atoms with Crippen LogP contribution in [0.4, 0.5) is 31.8 Å². The normalized spacial score (nSPS) is 14.1. The number of aromatic nitrogens is 1. The van der Waals surface area contributed by atoms with Crippen LogP contribution in [0.5, 0.6) is 0 Å². The van der Waals surface area contributed by atoms with Gasteiger partial charge in [-0.25, -0.2) is 18.0 Å². The van der Waals surface area contributed by atoms with E-state index in [-0.39, 0.29) is 63.7 Å². The number of hydrogen-bond donors (Lipinski definition) is 3. The molecule has 1 aromatic carbocycles. The molecule has 1 aliphatic heterocycles. The van der Waals surface area contributed by atoms with Crippen LogP contribution in [0, 0.1) is 6.92 Å². The third-order valence-corrected chi connectivity index (χ3v) is 6.06. The Morgan fingerprint density at radius 3 is 2.38 bits per heavy atom. The fraction of sp³-hybridized carbons (Fsp3) is 0.423. The number of aryl methyl sites for hydroxylation is 1. The molecule has 6 N–H and O–H groups in total. The molecule has 0 bridgehead atoms. The van der Waals surface area contributed by atoms with Crippen LogP contribution >= 0.6 is 11.8 Å². The smallest absolute Gasteiger partial charge is 0.320 e. The molecule has 1 aliphatic rings. The number of pyridine rings is 1. The second kappa shape index (κ2) is 18.2. The number of alkyl halides is 2. The summed E-state index contributed by atoms with van der Waals surface area (Å²) in [5.41, 5.74) is 7.49. The van der Waals surface area contributed by atoms with Crippen molar-refractivity contribution in [2.24, 2.45) is 0 Å². The number of anilines is 4. The molecule has 0 radical (unpaired) electrons. The van der Waals surface area contributed by atoms with E-state index in [0.29, 0.717) is 11.5 Å². The molecule has 1 amide bonds. The van der Waals surface area contributed by atoms with Gasteiger partial charge in [0.15, 0.2) is 0 Å². The van der Waals surface area contributed by atoms with Crippen LogP contribution in [0.25, 0.3) is 0 Å². The number of halogens is 2. The first-order valence-electron chi connectivity index (χ1n) is 12.0. The molecule has 0 saturated carbocycles. The van der Waals surface area contributed by atoms with E-state index < -0.39 is 28.8 Å². The minimum atomic E-state index is -2.67. The van der Waals surface area contributed by atoms with Crippen LogP contribution in [-0.4, -0.2) is 70.4 Å². The largest absolute Gasteiger partial charge is 0.465 e. The summed E-state index contributed by atoms with van der Waals surface area (Å²) in [5, 5.41) is 2.69. The molecule has 1 fully saturated rings. The lowest BCUT2D eigenvalue weighted by Crippen LogP contribution is -2.39. The molecule has 1 unspecified atom stereocenters.